The average molecular weight is 460 g/mol. The summed E-state index contributed by atoms with van der Waals surface area (Å²) in [6, 6.07) is 9.88. The quantitative estimate of drug-likeness (QED) is 0.583. The minimum Gasteiger partial charge on any atom is -0.344 e. The molecule has 0 unspecified atom stereocenters. The van der Waals surface area contributed by atoms with Gasteiger partial charge in [0.15, 0.2) is 5.13 Å². The van der Waals surface area contributed by atoms with E-state index in [1.165, 1.54) is 16.4 Å². The van der Waals surface area contributed by atoms with Gasteiger partial charge in [0, 0.05) is 51.0 Å². The summed E-state index contributed by atoms with van der Waals surface area (Å²) < 4.78 is 26.5. The van der Waals surface area contributed by atoms with Crippen molar-refractivity contribution < 1.29 is 13.2 Å². The van der Waals surface area contributed by atoms with E-state index >= 15 is 0 Å². The van der Waals surface area contributed by atoms with Crippen molar-refractivity contribution in [2.24, 2.45) is 0 Å². The minimum atomic E-state index is -3.56. The highest BCUT2D eigenvalue weighted by atomic mass is 32.2. The number of carbonyl (C=O) groups is 1. The summed E-state index contributed by atoms with van der Waals surface area (Å²) in [6.45, 7) is 6.19. The van der Waals surface area contributed by atoms with E-state index in [1.54, 1.807) is 41.6 Å². The van der Waals surface area contributed by atoms with Crippen LogP contribution >= 0.6 is 11.3 Å². The molecule has 1 saturated heterocycles. The van der Waals surface area contributed by atoms with E-state index in [0.717, 1.165) is 15.5 Å². The van der Waals surface area contributed by atoms with E-state index < -0.39 is 10.0 Å². The molecule has 8 nitrogen and oxygen atoms in total. The number of fused-ring (bicyclic) bond motifs is 1. The van der Waals surface area contributed by atoms with Gasteiger partial charge in [0.2, 0.25) is 10.0 Å². The van der Waals surface area contributed by atoms with Gasteiger partial charge >= 0.3 is 0 Å². The average Bonchev–Trinajstić information content (AvgIpc) is 3.22. The number of piperazine rings is 1. The van der Waals surface area contributed by atoms with Crippen molar-refractivity contribution in [2.45, 2.75) is 24.8 Å². The first-order valence-corrected chi connectivity index (χ1v) is 12.4. The molecule has 0 spiro atoms. The molecule has 3 heterocycles. The van der Waals surface area contributed by atoms with Gasteiger partial charge in [-0.05, 0) is 50.2 Å². The van der Waals surface area contributed by atoms with Crippen molar-refractivity contribution >= 4 is 42.7 Å². The Morgan fingerprint density at radius 2 is 1.77 bits per heavy atom. The summed E-state index contributed by atoms with van der Waals surface area (Å²) in [4.78, 5) is 27.0. The van der Waals surface area contributed by atoms with Gasteiger partial charge in [0.05, 0.1) is 4.90 Å². The first-order valence-electron chi connectivity index (χ1n) is 10.1. The Bertz CT molecular complexity index is 1150. The highest BCUT2D eigenvalue weighted by molar-refractivity contribution is 7.89. The Balaban J connectivity index is 1.41. The Morgan fingerprint density at radius 3 is 2.39 bits per heavy atom. The Kier molecular flexibility index (Phi) is 5.96. The summed E-state index contributed by atoms with van der Waals surface area (Å²) >= 11 is 1.56. The molecule has 1 aromatic carbocycles. The number of sulfonamides is 1. The standard InChI is InChI=1S/C21H25N5O3S2/c1-15(2)24(3)31(28,29)17-8-6-16(7-9-17)20(27)25-11-13-26(14-12-25)21-23-18-5-4-10-22-19(18)30-21/h4-10,15H,11-14H2,1-3H3. The van der Waals surface area contributed by atoms with E-state index in [2.05, 4.69) is 14.9 Å². The number of nitrogens with zero attached hydrogens (tertiary/aromatic N) is 5. The van der Waals surface area contributed by atoms with Crippen molar-refractivity contribution in [3.63, 3.8) is 0 Å². The van der Waals surface area contributed by atoms with Crippen LogP contribution in [-0.4, -0.2) is 72.8 Å². The molecule has 0 saturated carbocycles. The molecule has 0 N–H and O–H groups in total. The summed E-state index contributed by atoms with van der Waals surface area (Å²) in [5.74, 6) is -0.0909. The Morgan fingerprint density at radius 1 is 1.10 bits per heavy atom. The molecule has 0 radical (unpaired) electrons. The number of thiazole rings is 1. The normalized spacial score (nSPS) is 15.3. The highest BCUT2D eigenvalue weighted by Crippen LogP contribution is 2.28. The van der Waals surface area contributed by atoms with E-state index in [0.29, 0.717) is 31.7 Å². The lowest BCUT2D eigenvalue weighted by Crippen LogP contribution is -2.48. The zero-order valence-corrected chi connectivity index (χ0v) is 19.4. The second-order valence-electron chi connectivity index (χ2n) is 7.74. The van der Waals surface area contributed by atoms with Gasteiger partial charge < -0.3 is 9.80 Å². The number of carbonyl (C=O) groups excluding carboxylic acids is 1. The Hall–Kier alpha value is -2.56. The summed E-state index contributed by atoms with van der Waals surface area (Å²) in [6.07, 6.45) is 1.76. The van der Waals surface area contributed by atoms with Gasteiger partial charge in [-0.1, -0.05) is 11.3 Å². The number of benzene rings is 1. The highest BCUT2D eigenvalue weighted by Gasteiger charge is 2.26. The maximum Gasteiger partial charge on any atom is 0.253 e. The Labute approximate surface area is 186 Å². The number of hydrogen-bond donors (Lipinski definition) is 0. The molecule has 3 aromatic rings. The fourth-order valence-corrected chi connectivity index (χ4v) is 5.72. The topological polar surface area (TPSA) is 86.7 Å². The van der Waals surface area contributed by atoms with Crippen LogP contribution < -0.4 is 4.90 Å². The van der Waals surface area contributed by atoms with Crippen molar-refractivity contribution in [2.75, 3.05) is 38.1 Å². The van der Waals surface area contributed by atoms with E-state index in [-0.39, 0.29) is 16.8 Å². The third-order valence-corrected chi connectivity index (χ3v) is 8.59. The summed E-state index contributed by atoms with van der Waals surface area (Å²) in [5, 5.41) is 0.921. The molecule has 31 heavy (non-hydrogen) atoms. The number of pyridine rings is 1. The molecule has 1 aliphatic rings. The SMILES string of the molecule is CC(C)N(C)S(=O)(=O)c1ccc(C(=O)N2CCN(c3nc4cccnc4s3)CC2)cc1. The first-order chi connectivity index (χ1) is 14.8. The molecule has 1 fully saturated rings. The molecular weight excluding hydrogens is 434 g/mol. The lowest BCUT2D eigenvalue weighted by molar-refractivity contribution is 0.0746. The van der Waals surface area contributed by atoms with Crippen LogP contribution in [0.25, 0.3) is 10.3 Å². The fraction of sp³-hybridized carbons (Fsp3) is 0.381. The van der Waals surface area contributed by atoms with E-state index in [4.69, 9.17) is 0 Å². The van der Waals surface area contributed by atoms with Gasteiger partial charge in [-0.15, -0.1) is 0 Å². The van der Waals surface area contributed by atoms with E-state index in [9.17, 15) is 13.2 Å². The fourth-order valence-electron chi connectivity index (χ4n) is 3.39. The first kappa shape index (κ1) is 21.7. The maximum atomic E-state index is 12.9. The van der Waals surface area contributed by atoms with Gasteiger partial charge in [-0.25, -0.2) is 18.4 Å². The number of rotatable bonds is 5. The molecule has 1 aliphatic heterocycles. The second-order valence-corrected chi connectivity index (χ2v) is 10.7. The molecule has 164 valence electrons. The zero-order chi connectivity index (χ0) is 22.2. The predicted molar refractivity (Wildman–Crippen MR) is 122 cm³/mol. The third kappa shape index (κ3) is 4.28. The molecule has 10 heteroatoms. The van der Waals surface area contributed by atoms with Gasteiger partial charge in [-0.2, -0.15) is 4.31 Å². The van der Waals surface area contributed by atoms with Gasteiger partial charge in [0.1, 0.15) is 10.3 Å². The molecule has 1 amide bonds. The molecule has 0 atom stereocenters. The second kappa shape index (κ2) is 8.52. The van der Waals surface area contributed by atoms with Crippen molar-refractivity contribution in [1.82, 2.24) is 19.2 Å². The minimum absolute atomic E-state index is 0.0909. The molecule has 4 rings (SSSR count). The van der Waals surface area contributed by atoms with Crippen LogP contribution in [0, 0.1) is 0 Å². The third-order valence-electron chi connectivity index (χ3n) is 5.50. The van der Waals surface area contributed by atoms with Gasteiger partial charge in [-0.3, -0.25) is 4.79 Å². The van der Waals surface area contributed by atoms with Crippen molar-refractivity contribution in [3.05, 3.63) is 48.2 Å². The number of aromatic nitrogens is 2. The maximum absolute atomic E-state index is 12.9. The summed E-state index contributed by atoms with van der Waals surface area (Å²) in [7, 11) is -2.01. The molecule has 2 aromatic heterocycles. The van der Waals surface area contributed by atoms with Crippen molar-refractivity contribution in [3.8, 4) is 0 Å². The largest absolute Gasteiger partial charge is 0.344 e. The smallest absolute Gasteiger partial charge is 0.253 e. The van der Waals surface area contributed by atoms with Crippen LogP contribution in [0.5, 0.6) is 0 Å². The number of hydrogen-bond acceptors (Lipinski definition) is 7. The van der Waals surface area contributed by atoms with Crippen molar-refractivity contribution in [1.29, 1.82) is 0 Å². The van der Waals surface area contributed by atoms with E-state index in [1.807, 2.05) is 26.0 Å². The monoisotopic (exact) mass is 459 g/mol. The predicted octanol–water partition coefficient (Wildman–Crippen LogP) is 2.68. The molecule has 0 aliphatic carbocycles. The van der Waals surface area contributed by atoms with Crippen LogP contribution in [0.1, 0.15) is 24.2 Å². The number of anilines is 1. The number of amides is 1. The summed E-state index contributed by atoms with van der Waals surface area (Å²) in [5.41, 5.74) is 1.38. The lowest BCUT2D eigenvalue weighted by Gasteiger charge is -2.34. The van der Waals surface area contributed by atoms with Crippen LogP contribution in [0.4, 0.5) is 5.13 Å². The molecule has 0 bridgehead atoms. The molecular formula is C21H25N5O3S2. The zero-order valence-electron chi connectivity index (χ0n) is 17.7. The van der Waals surface area contributed by atoms with Crippen LogP contribution in [0.2, 0.25) is 0 Å². The van der Waals surface area contributed by atoms with Crippen LogP contribution in [0.3, 0.4) is 0 Å². The van der Waals surface area contributed by atoms with Crippen LogP contribution in [0.15, 0.2) is 47.5 Å². The van der Waals surface area contributed by atoms with Gasteiger partial charge in [0.25, 0.3) is 5.91 Å². The lowest BCUT2D eigenvalue weighted by atomic mass is 10.2. The van der Waals surface area contributed by atoms with Crippen LogP contribution in [-0.2, 0) is 10.0 Å².